The van der Waals surface area contributed by atoms with Gasteiger partial charge in [0.05, 0.1) is 0 Å². The molecule has 0 bridgehead atoms. The summed E-state index contributed by atoms with van der Waals surface area (Å²) in [4.78, 5) is 0. The molecule has 21 heavy (non-hydrogen) atoms. The van der Waals surface area contributed by atoms with Crippen molar-refractivity contribution in [3.05, 3.63) is 5.01 Å². The highest BCUT2D eigenvalue weighted by Crippen LogP contribution is 2.16. The van der Waals surface area contributed by atoms with Crippen molar-refractivity contribution in [3.8, 4) is 0 Å². The average molecular weight is 312 g/mol. The minimum absolute atomic E-state index is 0.597. The number of nitrogens with zero attached hydrogens (tertiary/aromatic N) is 2. The number of nitrogens with two attached hydrogens (primary N) is 1. The molecule has 4 heteroatoms. The van der Waals surface area contributed by atoms with Gasteiger partial charge in [-0.05, 0) is 6.42 Å². The molecular formula is C17H33N3S. The Balaban J connectivity index is 1.74. The van der Waals surface area contributed by atoms with Crippen LogP contribution in [-0.2, 0) is 6.42 Å². The van der Waals surface area contributed by atoms with Crippen molar-refractivity contribution in [1.82, 2.24) is 10.2 Å². The molecule has 0 aliphatic heterocycles. The molecule has 0 amide bonds. The Morgan fingerprint density at radius 3 is 1.62 bits per heavy atom. The van der Waals surface area contributed by atoms with E-state index in [-0.39, 0.29) is 0 Å². The third-order valence-corrected chi connectivity index (χ3v) is 4.79. The van der Waals surface area contributed by atoms with Crippen molar-refractivity contribution >= 4 is 16.5 Å². The van der Waals surface area contributed by atoms with Gasteiger partial charge in [-0.25, -0.2) is 0 Å². The standard InChI is InChI=1S/C17H33N3S/c1-2-3-4-5-6-7-8-9-10-11-12-13-14-15-16-19-20-17(18)21-16/h2-15H2,1H3,(H2,18,20). The zero-order valence-corrected chi connectivity index (χ0v) is 14.6. The Labute approximate surface area is 134 Å². The number of aryl methyl sites for hydroxylation is 1. The molecule has 0 unspecified atom stereocenters. The van der Waals surface area contributed by atoms with Crippen LogP contribution in [0.5, 0.6) is 0 Å². The summed E-state index contributed by atoms with van der Waals surface area (Å²) < 4.78 is 0. The number of aromatic nitrogens is 2. The first kappa shape index (κ1) is 18.4. The molecule has 3 nitrogen and oxygen atoms in total. The number of hydrogen-bond acceptors (Lipinski definition) is 4. The maximum atomic E-state index is 5.57. The van der Waals surface area contributed by atoms with Crippen molar-refractivity contribution in [2.75, 3.05) is 5.73 Å². The maximum Gasteiger partial charge on any atom is 0.203 e. The van der Waals surface area contributed by atoms with Crippen molar-refractivity contribution in [2.45, 2.75) is 96.8 Å². The lowest BCUT2D eigenvalue weighted by Gasteiger charge is -2.02. The molecule has 122 valence electrons. The quantitative estimate of drug-likeness (QED) is 0.445. The molecular weight excluding hydrogens is 278 g/mol. The Bertz CT molecular complexity index is 339. The summed E-state index contributed by atoms with van der Waals surface area (Å²) in [6, 6.07) is 0. The van der Waals surface area contributed by atoms with Crippen molar-refractivity contribution in [2.24, 2.45) is 0 Å². The van der Waals surface area contributed by atoms with E-state index in [1.165, 1.54) is 94.8 Å². The second-order valence-electron chi connectivity index (χ2n) is 6.03. The second kappa shape index (κ2) is 13.1. The molecule has 1 aromatic heterocycles. The number of unbranched alkanes of at least 4 members (excludes halogenated alkanes) is 12. The molecule has 0 spiro atoms. The number of hydrogen-bond donors (Lipinski definition) is 1. The lowest BCUT2D eigenvalue weighted by molar-refractivity contribution is 0.539. The summed E-state index contributed by atoms with van der Waals surface area (Å²) in [6.07, 6.45) is 19.2. The third kappa shape index (κ3) is 10.7. The van der Waals surface area contributed by atoms with Crippen molar-refractivity contribution < 1.29 is 0 Å². The van der Waals surface area contributed by atoms with E-state index in [2.05, 4.69) is 17.1 Å². The van der Waals surface area contributed by atoms with Crippen molar-refractivity contribution in [3.63, 3.8) is 0 Å². The van der Waals surface area contributed by atoms with Gasteiger partial charge in [-0.1, -0.05) is 95.3 Å². The number of anilines is 1. The van der Waals surface area contributed by atoms with Crippen molar-refractivity contribution in [1.29, 1.82) is 0 Å². The van der Waals surface area contributed by atoms with Crippen LogP contribution in [0.25, 0.3) is 0 Å². The van der Waals surface area contributed by atoms with Gasteiger partial charge in [-0.15, -0.1) is 10.2 Å². The van der Waals surface area contributed by atoms with Crippen LogP contribution in [0.3, 0.4) is 0 Å². The normalized spacial score (nSPS) is 11.1. The van der Waals surface area contributed by atoms with Gasteiger partial charge in [0, 0.05) is 6.42 Å². The van der Waals surface area contributed by atoms with E-state index in [1.54, 1.807) is 0 Å². The molecule has 0 fully saturated rings. The predicted molar refractivity (Wildman–Crippen MR) is 93.7 cm³/mol. The van der Waals surface area contributed by atoms with Gasteiger partial charge >= 0.3 is 0 Å². The zero-order valence-electron chi connectivity index (χ0n) is 13.8. The van der Waals surface area contributed by atoms with E-state index in [4.69, 9.17) is 5.73 Å². The first-order valence-electron chi connectivity index (χ1n) is 8.90. The fourth-order valence-corrected chi connectivity index (χ4v) is 3.31. The second-order valence-corrected chi connectivity index (χ2v) is 7.12. The van der Waals surface area contributed by atoms with Gasteiger partial charge in [0.2, 0.25) is 5.13 Å². The van der Waals surface area contributed by atoms with Gasteiger partial charge in [0.1, 0.15) is 5.01 Å². The zero-order chi connectivity index (χ0) is 15.2. The van der Waals surface area contributed by atoms with Gasteiger partial charge in [0.25, 0.3) is 0 Å². The molecule has 1 rings (SSSR count). The summed E-state index contributed by atoms with van der Waals surface area (Å²) in [5, 5.41) is 9.59. The summed E-state index contributed by atoms with van der Waals surface area (Å²) >= 11 is 1.53. The fourth-order valence-electron chi connectivity index (χ4n) is 2.66. The van der Waals surface area contributed by atoms with E-state index in [0.29, 0.717) is 5.13 Å². The van der Waals surface area contributed by atoms with E-state index >= 15 is 0 Å². The molecule has 2 N–H and O–H groups in total. The number of rotatable bonds is 14. The first-order chi connectivity index (χ1) is 10.3. The van der Waals surface area contributed by atoms with E-state index in [9.17, 15) is 0 Å². The summed E-state index contributed by atoms with van der Waals surface area (Å²) in [5.41, 5.74) is 5.57. The average Bonchev–Trinajstić information content (AvgIpc) is 2.89. The van der Waals surface area contributed by atoms with Crippen LogP contribution in [0.2, 0.25) is 0 Å². The summed E-state index contributed by atoms with van der Waals surface area (Å²) in [5.74, 6) is 0. The predicted octanol–water partition coefficient (Wildman–Crippen LogP) is 5.75. The van der Waals surface area contributed by atoms with Crippen LogP contribution in [0.4, 0.5) is 5.13 Å². The van der Waals surface area contributed by atoms with E-state index in [1.807, 2.05) is 0 Å². The Kier molecular flexibility index (Phi) is 11.4. The molecule has 0 radical (unpaired) electrons. The minimum atomic E-state index is 0.597. The molecule has 0 aliphatic rings. The largest absolute Gasteiger partial charge is 0.374 e. The third-order valence-electron chi connectivity index (χ3n) is 3.98. The smallest absolute Gasteiger partial charge is 0.203 e. The number of nitrogen functional groups attached to an aromatic ring is 1. The Morgan fingerprint density at radius 1 is 0.714 bits per heavy atom. The highest BCUT2D eigenvalue weighted by Gasteiger charge is 2.00. The lowest BCUT2D eigenvalue weighted by Crippen LogP contribution is -1.86. The van der Waals surface area contributed by atoms with Crippen LogP contribution in [0.15, 0.2) is 0 Å². The van der Waals surface area contributed by atoms with Crippen LogP contribution in [0, 0.1) is 0 Å². The SMILES string of the molecule is CCCCCCCCCCCCCCCc1nnc(N)s1. The minimum Gasteiger partial charge on any atom is -0.374 e. The lowest BCUT2D eigenvalue weighted by atomic mass is 10.0. The molecule has 0 saturated heterocycles. The van der Waals surface area contributed by atoms with Crippen LogP contribution in [-0.4, -0.2) is 10.2 Å². The first-order valence-corrected chi connectivity index (χ1v) is 9.72. The van der Waals surface area contributed by atoms with Gasteiger partial charge in [0.15, 0.2) is 0 Å². The molecule has 0 aliphatic carbocycles. The molecule has 1 aromatic rings. The fraction of sp³-hybridized carbons (Fsp3) is 0.882. The molecule has 0 atom stereocenters. The monoisotopic (exact) mass is 311 g/mol. The van der Waals surface area contributed by atoms with Gasteiger partial charge in [-0.3, -0.25) is 0 Å². The van der Waals surface area contributed by atoms with Gasteiger partial charge in [-0.2, -0.15) is 0 Å². The summed E-state index contributed by atoms with van der Waals surface area (Å²) in [7, 11) is 0. The molecule has 0 saturated carbocycles. The van der Waals surface area contributed by atoms with E-state index < -0.39 is 0 Å². The Morgan fingerprint density at radius 2 is 1.19 bits per heavy atom. The van der Waals surface area contributed by atoms with Gasteiger partial charge < -0.3 is 5.73 Å². The molecule has 1 heterocycles. The van der Waals surface area contributed by atoms with Crippen LogP contribution in [0.1, 0.15) is 95.4 Å². The Hall–Kier alpha value is -0.640. The van der Waals surface area contributed by atoms with Crippen LogP contribution < -0.4 is 5.73 Å². The maximum absolute atomic E-state index is 5.57. The highest BCUT2D eigenvalue weighted by molar-refractivity contribution is 7.15. The van der Waals surface area contributed by atoms with Crippen LogP contribution >= 0.6 is 11.3 Å². The summed E-state index contributed by atoms with van der Waals surface area (Å²) in [6.45, 7) is 2.28. The van der Waals surface area contributed by atoms with E-state index in [0.717, 1.165) is 11.4 Å². The topological polar surface area (TPSA) is 51.8 Å². The molecule has 0 aromatic carbocycles. The highest BCUT2D eigenvalue weighted by atomic mass is 32.1.